The van der Waals surface area contributed by atoms with Gasteiger partial charge in [-0.25, -0.2) is 0 Å². The predicted octanol–water partition coefficient (Wildman–Crippen LogP) is 1.13. The molecule has 3 heteroatoms. The number of methoxy groups -OCH3 is 1. The molecule has 84 valence electrons. The lowest BCUT2D eigenvalue weighted by molar-refractivity contribution is 0.187. The second-order valence-electron chi connectivity index (χ2n) is 4.53. The van der Waals surface area contributed by atoms with Crippen LogP contribution in [0.3, 0.4) is 0 Å². The molecule has 0 aliphatic heterocycles. The van der Waals surface area contributed by atoms with Crippen LogP contribution in [0, 0.1) is 5.41 Å². The van der Waals surface area contributed by atoms with Gasteiger partial charge in [0.25, 0.3) is 0 Å². The van der Waals surface area contributed by atoms with Gasteiger partial charge < -0.3 is 15.8 Å². The second-order valence-corrected chi connectivity index (χ2v) is 4.53. The fourth-order valence-electron chi connectivity index (χ4n) is 1.73. The number of rotatable bonds is 8. The summed E-state index contributed by atoms with van der Waals surface area (Å²) in [5.41, 5.74) is 6.53. The number of hydrogen-bond donors (Lipinski definition) is 2. The van der Waals surface area contributed by atoms with Crippen molar-refractivity contribution in [2.24, 2.45) is 11.1 Å². The van der Waals surface area contributed by atoms with Gasteiger partial charge in [-0.3, -0.25) is 0 Å². The Morgan fingerprint density at radius 1 is 1.50 bits per heavy atom. The topological polar surface area (TPSA) is 47.3 Å². The molecule has 0 aromatic heterocycles. The minimum Gasteiger partial charge on any atom is -0.385 e. The highest BCUT2D eigenvalue weighted by molar-refractivity contribution is 4.93. The summed E-state index contributed by atoms with van der Waals surface area (Å²) in [7, 11) is 1.72. The third-order valence-corrected chi connectivity index (χ3v) is 3.31. The normalized spacial score (nSPS) is 20.8. The second kappa shape index (κ2) is 5.69. The fraction of sp³-hybridized carbons (Fsp3) is 1.00. The van der Waals surface area contributed by atoms with E-state index in [0.29, 0.717) is 5.41 Å². The van der Waals surface area contributed by atoms with Crippen LogP contribution in [0.15, 0.2) is 0 Å². The van der Waals surface area contributed by atoms with E-state index in [-0.39, 0.29) is 6.04 Å². The molecule has 0 aromatic rings. The third kappa shape index (κ3) is 3.95. The van der Waals surface area contributed by atoms with Crippen LogP contribution < -0.4 is 11.1 Å². The van der Waals surface area contributed by atoms with Gasteiger partial charge in [-0.05, 0) is 31.1 Å². The molecule has 1 rings (SSSR count). The standard InChI is InChI=1S/C11H24N2O/c1-3-11(5-6-11)9-13-8-10(12)4-7-14-2/h10,13H,3-9,12H2,1-2H3. The van der Waals surface area contributed by atoms with Crippen molar-refractivity contribution >= 4 is 0 Å². The predicted molar refractivity (Wildman–Crippen MR) is 59.3 cm³/mol. The van der Waals surface area contributed by atoms with Gasteiger partial charge in [-0.2, -0.15) is 0 Å². The molecule has 0 amide bonds. The minimum absolute atomic E-state index is 0.239. The van der Waals surface area contributed by atoms with E-state index in [0.717, 1.165) is 26.1 Å². The Kier molecular flexibility index (Phi) is 4.85. The van der Waals surface area contributed by atoms with Gasteiger partial charge in [0.2, 0.25) is 0 Å². The van der Waals surface area contributed by atoms with Gasteiger partial charge in [0.05, 0.1) is 0 Å². The Morgan fingerprint density at radius 2 is 2.21 bits per heavy atom. The Bertz CT molecular complexity index is 157. The van der Waals surface area contributed by atoms with E-state index in [4.69, 9.17) is 10.5 Å². The molecule has 0 heterocycles. The lowest BCUT2D eigenvalue weighted by Gasteiger charge is -2.16. The van der Waals surface area contributed by atoms with Crippen molar-refractivity contribution in [1.82, 2.24) is 5.32 Å². The lowest BCUT2D eigenvalue weighted by Crippen LogP contribution is -2.37. The van der Waals surface area contributed by atoms with Gasteiger partial charge in [0.1, 0.15) is 0 Å². The van der Waals surface area contributed by atoms with Gasteiger partial charge in [0, 0.05) is 32.8 Å². The first kappa shape index (κ1) is 12.0. The smallest absolute Gasteiger partial charge is 0.0477 e. The van der Waals surface area contributed by atoms with E-state index in [2.05, 4.69) is 12.2 Å². The van der Waals surface area contributed by atoms with Crippen molar-refractivity contribution in [1.29, 1.82) is 0 Å². The van der Waals surface area contributed by atoms with Gasteiger partial charge in [-0.1, -0.05) is 6.92 Å². The van der Waals surface area contributed by atoms with Crippen molar-refractivity contribution < 1.29 is 4.74 Å². The summed E-state index contributed by atoms with van der Waals surface area (Å²) in [6, 6.07) is 0.239. The molecule has 3 nitrogen and oxygen atoms in total. The van der Waals surface area contributed by atoms with Crippen LogP contribution in [0.5, 0.6) is 0 Å². The Labute approximate surface area is 87.4 Å². The average molecular weight is 200 g/mol. The number of nitrogens with one attached hydrogen (secondary N) is 1. The molecule has 1 unspecified atom stereocenters. The van der Waals surface area contributed by atoms with E-state index in [1.807, 2.05) is 0 Å². The maximum absolute atomic E-state index is 5.91. The van der Waals surface area contributed by atoms with E-state index in [1.165, 1.54) is 19.3 Å². The molecule has 1 aliphatic rings. The minimum atomic E-state index is 0.239. The van der Waals surface area contributed by atoms with Crippen LogP contribution >= 0.6 is 0 Å². The quantitative estimate of drug-likeness (QED) is 0.617. The maximum Gasteiger partial charge on any atom is 0.0477 e. The first-order valence-corrected chi connectivity index (χ1v) is 5.68. The Hall–Kier alpha value is -0.120. The summed E-state index contributed by atoms with van der Waals surface area (Å²) >= 11 is 0. The third-order valence-electron chi connectivity index (χ3n) is 3.31. The fourth-order valence-corrected chi connectivity index (χ4v) is 1.73. The van der Waals surface area contributed by atoms with E-state index in [9.17, 15) is 0 Å². The number of hydrogen-bond acceptors (Lipinski definition) is 3. The SMILES string of the molecule is CCC1(CNCC(N)CCOC)CC1. The van der Waals surface area contributed by atoms with Crippen molar-refractivity contribution in [3.63, 3.8) is 0 Å². The van der Waals surface area contributed by atoms with Crippen LogP contribution in [0.25, 0.3) is 0 Å². The summed E-state index contributed by atoms with van der Waals surface area (Å²) in [6.45, 7) is 5.11. The summed E-state index contributed by atoms with van der Waals surface area (Å²) in [6.07, 6.45) is 5.03. The van der Waals surface area contributed by atoms with Crippen LogP contribution in [0.2, 0.25) is 0 Å². The Balaban J connectivity index is 1.97. The molecule has 0 bridgehead atoms. The summed E-state index contributed by atoms with van der Waals surface area (Å²) in [4.78, 5) is 0. The molecule has 0 spiro atoms. The highest BCUT2D eigenvalue weighted by atomic mass is 16.5. The molecular weight excluding hydrogens is 176 g/mol. The van der Waals surface area contributed by atoms with Crippen LogP contribution in [0.1, 0.15) is 32.6 Å². The molecule has 0 aromatic carbocycles. The zero-order valence-electron chi connectivity index (χ0n) is 9.51. The van der Waals surface area contributed by atoms with Gasteiger partial charge >= 0.3 is 0 Å². The summed E-state index contributed by atoms with van der Waals surface area (Å²) in [5.74, 6) is 0. The monoisotopic (exact) mass is 200 g/mol. The molecule has 1 atom stereocenters. The average Bonchev–Trinajstić information content (AvgIpc) is 2.96. The van der Waals surface area contributed by atoms with Crippen molar-refractivity contribution in [3.05, 3.63) is 0 Å². The maximum atomic E-state index is 5.91. The van der Waals surface area contributed by atoms with E-state index >= 15 is 0 Å². The van der Waals surface area contributed by atoms with Gasteiger partial charge in [-0.15, -0.1) is 0 Å². The highest BCUT2D eigenvalue weighted by Gasteiger charge is 2.39. The Morgan fingerprint density at radius 3 is 2.71 bits per heavy atom. The zero-order chi connectivity index (χ0) is 10.4. The first-order chi connectivity index (χ1) is 6.72. The molecule has 1 saturated carbocycles. The number of ether oxygens (including phenoxy) is 1. The van der Waals surface area contributed by atoms with Crippen molar-refractivity contribution in [2.45, 2.75) is 38.6 Å². The summed E-state index contributed by atoms with van der Waals surface area (Å²) in [5, 5.41) is 3.47. The van der Waals surface area contributed by atoms with Crippen LogP contribution in [-0.4, -0.2) is 32.8 Å². The molecule has 1 aliphatic carbocycles. The molecule has 1 fully saturated rings. The summed E-state index contributed by atoms with van der Waals surface area (Å²) < 4.78 is 4.99. The zero-order valence-corrected chi connectivity index (χ0v) is 9.51. The van der Waals surface area contributed by atoms with Crippen molar-refractivity contribution in [2.75, 3.05) is 26.8 Å². The molecule has 0 radical (unpaired) electrons. The van der Waals surface area contributed by atoms with Crippen molar-refractivity contribution in [3.8, 4) is 0 Å². The molecule has 0 saturated heterocycles. The number of nitrogens with two attached hydrogens (primary N) is 1. The van der Waals surface area contributed by atoms with Crippen LogP contribution in [-0.2, 0) is 4.74 Å². The first-order valence-electron chi connectivity index (χ1n) is 5.68. The largest absolute Gasteiger partial charge is 0.385 e. The molecular formula is C11H24N2O. The highest BCUT2D eigenvalue weighted by Crippen LogP contribution is 2.47. The van der Waals surface area contributed by atoms with Gasteiger partial charge in [0.15, 0.2) is 0 Å². The molecule has 14 heavy (non-hydrogen) atoms. The van der Waals surface area contributed by atoms with E-state index < -0.39 is 0 Å². The molecule has 3 N–H and O–H groups in total. The lowest BCUT2D eigenvalue weighted by atomic mass is 10.0. The van der Waals surface area contributed by atoms with Crippen LogP contribution in [0.4, 0.5) is 0 Å². The van der Waals surface area contributed by atoms with E-state index in [1.54, 1.807) is 7.11 Å².